The highest BCUT2D eigenvalue weighted by Crippen LogP contribution is 2.25. The van der Waals surface area contributed by atoms with Gasteiger partial charge in [-0.25, -0.2) is 4.39 Å². The van der Waals surface area contributed by atoms with E-state index >= 15 is 0 Å². The summed E-state index contributed by atoms with van der Waals surface area (Å²) in [7, 11) is 0. The summed E-state index contributed by atoms with van der Waals surface area (Å²) in [6.45, 7) is 4.87. The van der Waals surface area contributed by atoms with Crippen LogP contribution in [0.3, 0.4) is 0 Å². The number of ether oxygens (including phenoxy) is 1. The number of hydrogen-bond donors (Lipinski definition) is 0. The first-order valence-electron chi connectivity index (χ1n) is 7.74. The van der Waals surface area contributed by atoms with Crippen LogP contribution >= 0.6 is 0 Å². The SMILES string of the molecule is CCCCN1CCC(Oc2ccc(C#N)cc2CF)CC1. The van der Waals surface area contributed by atoms with Crippen LogP contribution in [0.1, 0.15) is 43.7 Å². The summed E-state index contributed by atoms with van der Waals surface area (Å²) in [4.78, 5) is 2.47. The van der Waals surface area contributed by atoms with Crippen molar-refractivity contribution < 1.29 is 9.13 Å². The Morgan fingerprint density at radius 2 is 2.14 bits per heavy atom. The molecule has 2 rings (SSSR count). The van der Waals surface area contributed by atoms with Crippen molar-refractivity contribution in [3.05, 3.63) is 29.3 Å². The predicted molar refractivity (Wildman–Crippen MR) is 81.0 cm³/mol. The minimum atomic E-state index is -0.597. The second kappa shape index (κ2) is 7.99. The molecule has 1 saturated heterocycles. The van der Waals surface area contributed by atoms with Crippen LogP contribution < -0.4 is 4.74 Å². The third kappa shape index (κ3) is 4.44. The minimum absolute atomic E-state index is 0.154. The molecule has 1 fully saturated rings. The molecule has 0 aliphatic carbocycles. The molecule has 0 N–H and O–H groups in total. The number of rotatable bonds is 6. The van der Waals surface area contributed by atoms with E-state index in [0.29, 0.717) is 16.9 Å². The number of likely N-dealkylation sites (tertiary alicyclic amines) is 1. The maximum absolute atomic E-state index is 13.1. The molecular weight excluding hydrogens is 267 g/mol. The van der Waals surface area contributed by atoms with Crippen LogP contribution in [0.25, 0.3) is 0 Å². The Kier molecular flexibility index (Phi) is 6.01. The Bertz CT molecular complexity index is 490. The third-order valence-electron chi connectivity index (χ3n) is 3.99. The first-order chi connectivity index (χ1) is 10.3. The second-order valence-electron chi connectivity index (χ2n) is 5.58. The van der Waals surface area contributed by atoms with Crippen molar-refractivity contribution >= 4 is 0 Å². The zero-order valence-electron chi connectivity index (χ0n) is 12.6. The van der Waals surface area contributed by atoms with Gasteiger partial charge in [0.05, 0.1) is 11.6 Å². The molecular formula is C17H23FN2O. The number of hydrogen-bond acceptors (Lipinski definition) is 3. The van der Waals surface area contributed by atoms with E-state index in [2.05, 4.69) is 11.8 Å². The highest BCUT2D eigenvalue weighted by atomic mass is 19.1. The predicted octanol–water partition coefficient (Wildman–Crippen LogP) is 3.67. The number of nitriles is 1. The van der Waals surface area contributed by atoms with E-state index in [0.717, 1.165) is 32.5 Å². The highest BCUT2D eigenvalue weighted by Gasteiger charge is 2.21. The Morgan fingerprint density at radius 3 is 2.76 bits per heavy atom. The van der Waals surface area contributed by atoms with Crippen molar-refractivity contribution in [1.82, 2.24) is 4.90 Å². The molecule has 1 aliphatic rings. The molecule has 3 nitrogen and oxygen atoms in total. The average Bonchev–Trinajstić information content (AvgIpc) is 2.54. The summed E-state index contributed by atoms with van der Waals surface area (Å²) in [5, 5.41) is 8.85. The van der Waals surface area contributed by atoms with E-state index in [1.807, 2.05) is 6.07 Å². The van der Waals surface area contributed by atoms with E-state index in [9.17, 15) is 4.39 Å². The lowest BCUT2D eigenvalue weighted by molar-refractivity contribution is 0.0985. The van der Waals surface area contributed by atoms with E-state index in [-0.39, 0.29) is 6.10 Å². The van der Waals surface area contributed by atoms with Gasteiger partial charge in [0.2, 0.25) is 0 Å². The van der Waals surface area contributed by atoms with Crippen LogP contribution in [0, 0.1) is 11.3 Å². The van der Waals surface area contributed by atoms with Gasteiger partial charge in [-0.3, -0.25) is 0 Å². The molecule has 1 aromatic carbocycles. The Labute approximate surface area is 126 Å². The summed E-state index contributed by atoms with van der Waals surface area (Å²) < 4.78 is 19.0. The fourth-order valence-electron chi connectivity index (χ4n) is 2.68. The lowest BCUT2D eigenvalue weighted by atomic mass is 10.1. The molecule has 114 valence electrons. The molecule has 4 heteroatoms. The van der Waals surface area contributed by atoms with Gasteiger partial charge in [0.25, 0.3) is 0 Å². The lowest BCUT2D eigenvalue weighted by Gasteiger charge is -2.32. The topological polar surface area (TPSA) is 36.3 Å². The van der Waals surface area contributed by atoms with Crippen LogP contribution in [0.2, 0.25) is 0 Å². The summed E-state index contributed by atoms with van der Waals surface area (Å²) in [6, 6.07) is 7.01. The van der Waals surface area contributed by atoms with Crippen molar-refractivity contribution in [2.24, 2.45) is 0 Å². The number of benzene rings is 1. The molecule has 0 saturated carbocycles. The zero-order chi connectivity index (χ0) is 15.1. The van der Waals surface area contributed by atoms with Crippen LogP contribution in [0.5, 0.6) is 5.75 Å². The Morgan fingerprint density at radius 1 is 1.38 bits per heavy atom. The molecule has 0 unspecified atom stereocenters. The number of piperidine rings is 1. The standard InChI is InChI=1S/C17H23FN2O/c1-2-3-8-20-9-6-16(7-10-20)21-17-5-4-14(13-19)11-15(17)12-18/h4-5,11,16H,2-3,6-10,12H2,1H3. The summed E-state index contributed by atoms with van der Waals surface area (Å²) in [5.74, 6) is 0.587. The quantitative estimate of drug-likeness (QED) is 0.802. The molecule has 21 heavy (non-hydrogen) atoms. The number of nitrogens with zero attached hydrogens (tertiary/aromatic N) is 2. The lowest BCUT2D eigenvalue weighted by Crippen LogP contribution is -2.38. The van der Waals surface area contributed by atoms with Gasteiger partial charge < -0.3 is 9.64 Å². The fraction of sp³-hybridized carbons (Fsp3) is 0.588. The van der Waals surface area contributed by atoms with E-state index in [1.54, 1.807) is 18.2 Å². The summed E-state index contributed by atoms with van der Waals surface area (Å²) in [5.41, 5.74) is 0.951. The molecule has 1 heterocycles. The Balaban J connectivity index is 1.90. The maximum Gasteiger partial charge on any atom is 0.125 e. The van der Waals surface area contributed by atoms with Crippen LogP contribution in [-0.2, 0) is 6.67 Å². The van der Waals surface area contributed by atoms with Crippen LogP contribution in [0.15, 0.2) is 18.2 Å². The van der Waals surface area contributed by atoms with E-state index < -0.39 is 6.67 Å². The number of unbranched alkanes of at least 4 members (excludes halogenated alkanes) is 1. The van der Waals surface area contributed by atoms with E-state index in [1.165, 1.54) is 12.8 Å². The Hall–Kier alpha value is -1.60. The van der Waals surface area contributed by atoms with E-state index in [4.69, 9.17) is 10.00 Å². The fourth-order valence-corrected chi connectivity index (χ4v) is 2.68. The molecule has 1 aromatic rings. The molecule has 0 bridgehead atoms. The monoisotopic (exact) mass is 290 g/mol. The first-order valence-corrected chi connectivity index (χ1v) is 7.74. The van der Waals surface area contributed by atoms with Gasteiger partial charge in [0, 0.05) is 18.7 Å². The van der Waals surface area contributed by atoms with Crippen molar-refractivity contribution in [3.63, 3.8) is 0 Å². The van der Waals surface area contributed by atoms with Gasteiger partial charge in [0.15, 0.2) is 0 Å². The molecule has 0 amide bonds. The largest absolute Gasteiger partial charge is 0.490 e. The number of alkyl halides is 1. The van der Waals surface area contributed by atoms with Crippen molar-refractivity contribution in [3.8, 4) is 11.8 Å². The molecule has 0 atom stereocenters. The summed E-state index contributed by atoms with van der Waals surface area (Å²) >= 11 is 0. The van der Waals surface area contributed by atoms with Crippen LogP contribution in [0.4, 0.5) is 4.39 Å². The van der Waals surface area contributed by atoms with Gasteiger partial charge >= 0.3 is 0 Å². The first kappa shape index (κ1) is 15.8. The number of halogens is 1. The minimum Gasteiger partial charge on any atom is -0.490 e. The molecule has 0 spiro atoms. The second-order valence-corrected chi connectivity index (χ2v) is 5.58. The molecule has 0 radical (unpaired) electrons. The zero-order valence-corrected chi connectivity index (χ0v) is 12.6. The third-order valence-corrected chi connectivity index (χ3v) is 3.99. The highest BCUT2D eigenvalue weighted by molar-refractivity contribution is 5.41. The van der Waals surface area contributed by atoms with Crippen molar-refractivity contribution in [1.29, 1.82) is 5.26 Å². The van der Waals surface area contributed by atoms with Gasteiger partial charge in [-0.2, -0.15) is 5.26 Å². The van der Waals surface area contributed by atoms with Crippen molar-refractivity contribution in [2.45, 2.75) is 45.4 Å². The van der Waals surface area contributed by atoms with Crippen molar-refractivity contribution in [2.75, 3.05) is 19.6 Å². The van der Waals surface area contributed by atoms with Crippen LogP contribution in [-0.4, -0.2) is 30.6 Å². The average molecular weight is 290 g/mol. The van der Waals surface area contributed by atoms with Gasteiger partial charge in [0.1, 0.15) is 18.5 Å². The van der Waals surface area contributed by atoms with Gasteiger partial charge in [-0.05, 0) is 44.0 Å². The summed E-state index contributed by atoms with van der Waals surface area (Å²) in [6.07, 6.45) is 4.58. The smallest absolute Gasteiger partial charge is 0.125 e. The van der Waals surface area contributed by atoms with Gasteiger partial charge in [-0.15, -0.1) is 0 Å². The molecule has 0 aromatic heterocycles. The maximum atomic E-state index is 13.1. The normalized spacial score (nSPS) is 16.6. The molecule has 1 aliphatic heterocycles. The van der Waals surface area contributed by atoms with Gasteiger partial charge in [-0.1, -0.05) is 13.3 Å².